The lowest BCUT2D eigenvalue weighted by molar-refractivity contribution is -0.151. The Bertz CT molecular complexity index is 824. The molecule has 0 atom stereocenters. The van der Waals surface area contributed by atoms with Crippen LogP contribution in [0.2, 0.25) is 0 Å². The van der Waals surface area contributed by atoms with Crippen molar-refractivity contribution >= 4 is 18.1 Å². The summed E-state index contributed by atoms with van der Waals surface area (Å²) in [5, 5.41) is 0. The van der Waals surface area contributed by atoms with Crippen LogP contribution in [0.15, 0.2) is 0 Å². The summed E-state index contributed by atoms with van der Waals surface area (Å²) in [6.45, 7) is 16.3. The molecule has 0 heterocycles. The van der Waals surface area contributed by atoms with E-state index in [0.717, 1.165) is 77.4 Å². The molecule has 0 aliphatic carbocycles. The fraction of sp³-hybridized carbons (Fsp3) is 0.940. The normalized spacial score (nSPS) is 11.6. The molecule has 8 heteroatoms. The first-order valence-corrected chi connectivity index (χ1v) is 25.2. The highest BCUT2D eigenvalue weighted by molar-refractivity contribution is 5.70. The largest absolute Gasteiger partial charge is 0.508 e. The predicted octanol–water partition coefficient (Wildman–Crippen LogP) is 14.6. The van der Waals surface area contributed by atoms with E-state index in [9.17, 15) is 14.4 Å². The molecular formula is C50H97NO7. The van der Waals surface area contributed by atoms with E-state index in [0.29, 0.717) is 24.7 Å². The number of carbonyl (C=O) groups excluding carboxylic acids is 3. The highest BCUT2D eigenvalue weighted by Gasteiger charge is 2.22. The van der Waals surface area contributed by atoms with Crippen molar-refractivity contribution in [1.29, 1.82) is 0 Å². The first kappa shape index (κ1) is 56.2. The van der Waals surface area contributed by atoms with Crippen molar-refractivity contribution in [2.75, 3.05) is 46.1 Å². The molecule has 0 amide bonds. The lowest BCUT2D eigenvalue weighted by Gasteiger charge is -2.21. The van der Waals surface area contributed by atoms with Crippen LogP contribution in [0.3, 0.4) is 0 Å². The molecule has 0 saturated heterocycles. The van der Waals surface area contributed by atoms with Gasteiger partial charge in [-0.1, -0.05) is 196 Å². The molecular weight excluding hydrogens is 727 g/mol. The van der Waals surface area contributed by atoms with Gasteiger partial charge in [0.25, 0.3) is 0 Å². The Morgan fingerprint density at radius 3 is 1.05 bits per heavy atom. The van der Waals surface area contributed by atoms with Crippen molar-refractivity contribution in [1.82, 2.24) is 4.90 Å². The van der Waals surface area contributed by atoms with E-state index in [-0.39, 0.29) is 38.4 Å². The van der Waals surface area contributed by atoms with Gasteiger partial charge in [0, 0.05) is 19.4 Å². The number of unbranched alkanes of at least 4 members (excludes halogenated alkanes) is 20. The molecule has 58 heavy (non-hydrogen) atoms. The molecule has 0 aliphatic rings. The monoisotopic (exact) mass is 824 g/mol. The van der Waals surface area contributed by atoms with E-state index < -0.39 is 12.1 Å². The minimum absolute atomic E-state index is 0.0344. The number of carbonyl (C=O) groups is 3. The molecule has 0 aromatic rings. The van der Waals surface area contributed by atoms with Gasteiger partial charge in [0.05, 0.1) is 12.5 Å². The highest BCUT2D eigenvalue weighted by Crippen LogP contribution is 2.25. The molecule has 0 aliphatic heterocycles. The van der Waals surface area contributed by atoms with E-state index in [1.54, 1.807) is 0 Å². The first-order chi connectivity index (χ1) is 28.3. The standard InChI is InChI=1S/C50H97NO7/c1-7-13-17-21-25-29-34-45(35-30-26-22-18-14-8-2)40-48(52)56-42-47(44-58-50(54)55-39-33-38-51(11-5)12-6)43-57-49(53)41-46(36-31-27-23-19-15-9-3)37-32-28-24-20-16-10-4/h45-47H,7-44H2,1-6H3. The van der Waals surface area contributed by atoms with Crippen molar-refractivity contribution < 1.29 is 33.3 Å². The third-order valence-corrected chi connectivity index (χ3v) is 11.9. The first-order valence-electron chi connectivity index (χ1n) is 25.2. The number of nitrogens with zero attached hydrogens (tertiary/aromatic N) is 1. The van der Waals surface area contributed by atoms with Crippen LogP contribution in [0, 0.1) is 17.8 Å². The zero-order valence-corrected chi connectivity index (χ0v) is 39.4. The van der Waals surface area contributed by atoms with Crippen LogP contribution in [0.5, 0.6) is 0 Å². The third kappa shape index (κ3) is 37.2. The highest BCUT2D eigenvalue weighted by atomic mass is 16.7. The van der Waals surface area contributed by atoms with E-state index in [2.05, 4.69) is 46.4 Å². The maximum atomic E-state index is 13.3. The molecule has 8 nitrogen and oxygen atoms in total. The SMILES string of the molecule is CCCCCCCCC(CCCCCCCC)CC(=O)OCC(COC(=O)CC(CCCCCCCC)CCCCCCCC)COC(=O)OCCCN(CC)CC. The second kappa shape index (κ2) is 43.3. The summed E-state index contributed by atoms with van der Waals surface area (Å²) < 4.78 is 22.6. The van der Waals surface area contributed by atoms with Crippen LogP contribution in [-0.2, 0) is 28.5 Å². The zero-order chi connectivity index (χ0) is 42.7. The summed E-state index contributed by atoms with van der Waals surface area (Å²) in [4.78, 5) is 41.5. The van der Waals surface area contributed by atoms with Gasteiger partial charge in [0.1, 0.15) is 19.8 Å². The lowest BCUT2D eigenvalue weighted by Crippen LogP contribution is -2.28. The Balaban J connectivity index is 5.39. The van der Waals surface area contributed by atoms with Crippen LogP contribution in [0.1, 0.15) is 241 Å². The number of esters is 2. The van der Waals surface area contributed by atoms with Gasteiger partial charge in [-0.2, -0.15) is 0 Å². The Kier molecular flexibility index (Phi) is 41.9. The summed E-state index contributed by atoms with van der Waals surface area (Å²) >= 11 is 0. The fourth-order valence-corrected chi connectivity index (χ4v) is 7.92. The molecule has 0 bridgehead atoms. The third-order valence-electron chi connectivity index (χ3n) is 11.9. The second-order valence-electron chi connectivity index (χ2n) is 17.4. The quantitative estimate of drug-likeness (QED) is 0.0341. The average Bonchev–Trinajstić information content (AvgIpc) is 3.22. The molecule has 0 saturated carbocycles. The molecule has 0 spiro atoms. The zero-order valence-electron chi connectivity index (χ0n) is 39.4. The fourth-order valence-electron chi connectivity index (χ4n) is 7.92. The molecule has 344 valence electrons. The molecule has 0 fully saturated rings. The van der Waals surface area contributed by atoms with Gasteiger partial charge in [-0.25, -0.2) is 4.79 Å². The molecule has 0 aromatic carbocycles. The van der Waals surface area contributed by atoms with E-state index in [1.807, 2.05) is 0 Å². The van der Waals surface area contributed by atoms with Crippen molar-refractivity contribution in [2.24, 2.45) is 17.8 Å². The van der Waals surface area contributed by atoms with Gasteiger partial charge >= 0.3 is 18.1 Å². The topological polar surface area (TPSA) is 91.4 Å². The number of rotatable bonds is 44. The maximum absolute atomic E-state index is 13.3. The average molecular weight is 824 g/mol. The molecule has 0 radical (unpaired) electrons. The Hall–Kier alpha value is -1.83. The Morgan fingerprint density at radius 2 is 0.707 bits per heavy atom. The second-order valence-corrected chi connectivity index (χ2v) is 17.4. The summed E-state index contributed by atoms with van der Waals surface area (Å²) in [5.41, 5.74) is 0. The number of hydrogen-bond acceptors (Lipinski definition) is 8. The van der Waals surface area contributed by atoms with Crippen LogP contribution >= 0.6 is 0 Å². The van der Waals surface area contributed by atoms with Gasteiger partial charge in [-0.15, -0.1) is 0 Å². The predicted molar refractivity (Wildman–Crippen MR) is 243 cm³/mol. The molecule has 0 rings (SSSR count). The van der Waals surface area contributed by atoms with Crippen molar-refractivity contribution in [2.45, 2.75) is 241 Å². The minimum Gasteiger partial charge on any atom is -0.465 e. The van der Waals surface area contributed by atoms with Crippen molar-refractivity contribution in [3.05, 3.63) is 0 Å². The number of ether oxygens (including phenoxy) is 4. The van der Waals surface area contributed by atoms with Crippen LogP contribution < -0.4 is 0 Å². The van der Waals surface area contributed by atoms with Gasteiger partial charge < -0.3 is 23.8 Å². The smallest absolute Gasteiger partial charge is 0.465 e. The summed E-state index contributed by atoms with van der Waals surface area (Å²) in [5.74, 6) is -0.245. The Labute approximate surface area is 359 Å². The Morgan fingerprint density at radius 1 is 0.379 bits per heavy atom. The summed E-state index contributed by atoms with van der Waals surface area (Å²) in [6.07, 6.45) is 34.9. The van der Waals surface area contributed by atoms with Gasteiger partial charge in [0.15, 0.2) is 0 Å². The molecule has 0 N–H and O–H groups in total. The van der Waals surface area contributed by atoms with Gasteiger partial charge in [-0.05, 0) is 57.0 Å². The maximum Gasteiger partial charge on any atom is 0.508 e. The van der Waals surface area contributed by atoms with E-state index in [4.69, 9.17) is 18.9 Å². The van der Waals surface area contributed by atoms with E-state index in [1.165, 1.54) is 128 Å². The van der Waals surface area contributed by atoms with Crippen molar-refractivity contribution in [3.63, 3.8) is 0 Å². The summed E-state index contributed by atoms with van der Waals surface area (Å²) in [6, 6.07) is 0. The number of hydrogen-bond donors (Lipinski definition) is 0. The van der Waals surface area contributed by atoms with Crippen LogP contribution in [0.25, 0.3) is 0 Å². The summed E-state index contributed by atoms with van der Waals surface area (Å²) in [7, 11) is 0. The van der Waals surface area contributed by atoms with Crippen LogP contribution in [0.4, 0.5) is 4.79 Å². The minimum atomic E-state index is -0.738. The van der Waals surface area contributed by atoms with E-state index >= 15 is 0 Å². The molecule has 0 aromatic heterocycles. The van der Waals surface area contributed by atoms with Crippen LogP contribution in [-0.4, -0.2) is 69.1 Å². The molecule has 0 unspecified atom stereocenters. The van der Waals surface area contributed by atoms with Crippen molar-refractivity contribution in [3.8, 4) is 0 Å². The van der Waals surface area contributed by atoms with Gasteiger partial charge in [-0.3, -0.25) is 9.59 Å². The lowest BCUT2D eigenvalue weighted by atomic mass is 9.91. The van der Waals surface area contributed by atoms with Gasteiger partial charge in [0.2, 0.25) is 0 Å².